The highest BCUT2D eigenvalue weighted by atomic mass is 32.2. The first-order chi connectivity index (χ1) is 19.2. The summed E-state index contributed by atoms with van der Waals surface area (Å²) in [5.74, 6) is -1.79. The number of aromatic nitrogens is 1. The summed E-state index contributed by atoms with van der Waals surface area (Å²) in [4.78, 5) is 26.3. The SMILES string of the molecule is CNc1ccc(Sc2cc(C(=O)NCc3c(F)ccc(C=N)c3NC3CC3)n(CCCC(=O)O)c2C)cc1C=N. The van der Waals surface area contributed by atoms with E-state index in [1.807, 2.05) is 25.1 Å². The summed E-state index contributed by atoms with van der Waals surface area (Å²) in [6.07, 6.45) is 4.70. The fourth-order valence-electron chi connectivity index (χ4n) is 4.46. The number of amides is 1. The molecule has 6 N–H and O–H groups in total. The van der Waals surface area contributed by atoms with Crippen LogP contribution < -0.4 is 16.0 Å². The van der Waals surface area contributed by atoms with E-state index in [0.29, 0.717) is 35.5 Å². The van der Waals surface area contributed by atoms with E-state index in [-0.39, 0.29) is 19.0 Å². The van der Waals surface area contributed by atoms with Gasteiger partial charge in [-0.3, -0.25) is 9.59 Å². The summed E-state index contributed by atoms with van der Waals surface area (Å²) in [5, 5.41) is 33.7. The van der Waals surface area contributed by atoms with Gasteiger partial charge >= 0.3 is 5.97 Å². The first-order valence-electron chi connectivity index (χ1n) is 13.0. The molecule has 0 saturated heterocycles. The van der Waals surface area contributed by atoms with Crippen LogP contribution in [0.1, 0.15) is 58.6 Å². The third-order valence-electron chi connectivity index (χ3n) is 6.80. The van der Waals surface area contributed by atoms with E-state index >= 15 is 0 Å². The predicted octanol–water partition coefficient (Wildman–Crippen LogP) is 5.49. The summed E-state index contributed by atoms with van der Waals surface area (Å²) in [5.41, 5.74) is 4.09. The van der Waals surface area contributed by atoms with Crippen LogP contribution >= 0.6 is 11.8 Å². The van der Waals surface area contributed by atoms with Gasteiger partial charge in [-0.25, -0.2) is 4.39 Å². The zero-order valence-electron chi connectivity index (χ0n) is 22.4. The van der Waals surface area contributed by atoms with E-state index < -0.39 is 17.7 Å². The van der Waals surface area contributed by atoms with E-state index in [1.54, 1.807) is 23.7 Å². The van der Waals surface area contributed by atoms with Crippen molar-refractivity contribution in [2.45, 2.75) is 61.5 Å². The number of anilines is 2. The number of carboxylic acid groups (broad SMARTS) is 1. The van der Waals surface area contributed by atoms with Gasteiger partial charge in [-0.1, -0.05) is 11.8 Å². The number of hydrogen-bond acceptors (Lipinski definition) is 7. The minimum absolute atomic E-state index is 0.0346. The molecule has 2 aromatic carbocycles. The van der Waals surface area contributed by atoms with Crippen LogP contribution in [0.15, 0.2) is 46.2 Å². The third-order valence-corrected chi connectivity index (χ3v) is 7.92. The van der Waals surface area contributed by atoms with Crippen molar-refractivity contribution in [2.24, 2.45) is 0 Å². The van der Waals surface area contributed by atoms with Gasteiger partial charge in [-0.2, -0.15) is 0 Å². The molecule has 40 heavy (non-hydrogen) atoms. The number of carbonyl (C=O) groups is 2. The Morgan fingerprint density at radius 3 is 2.55 bits per heavy atom. The van der Waals surface area contributed by atoms with Crippen LogP contribution in [0, 0.1) is 23.6 Å². The summed E-state index contributed by atoms with van der Waals surface area (Å²) in [6, 6.07) is 10.6. The molecule has 0 spiro atoms. The minimum Gasteiger partial charge on any atom is -0.481 e. The number of rotatable bonds is 14. The first-order valence-corrected chi connectivity index (χ1v) is 13.9. The van der Waals surface area contributed by atoms with Crippen molar-refractivity contribution in [1.82, 2.24) is 9.88 Å². The summed E-state index contributed by atoms with van der Waals surface area (Å²) in [6.45, 7) is 2.14. The molecular formula is C29H33FN6O3S. The van der Waals surface area contributed by atoms with Crippen LogP contribution in [0.4, 0.5) is 15.8 Å². The molecule has 0 aliphatic heterocycles. The van der Waals surface area contributed by atoms with Crippen molar-refractivity contribution in [2.75, 3.05) is 17.7 Å². The normalized spacial score (nSPS) is 12.6. The van der Waals surface area contributed by atoms with Crippen molar-refractivity contribution in [1.29, 1.82) is 10.8 Å². The second kappa shape index (κ2) is 12.8. The molecule has 1 saturated carbocycles. The number of hydrogen-bond donors (Lipinski definition) is 6. The zero-order chi connectivity index (χ0) is 28.8. The molecule has 1 heterocycles. The molecule has 1 aliphatic carbocycles. The van der Waals surface area contributed by atoms with Gasteiger partial charge in [0.2, 0.25) is 0 Å². The molecule has 0 unspecified atom stereocenters. The van der Waals surface area contributed by atoms with Gasteiger partial charge in [0.05, 0.1) is 5.69 Å². The van der Waals surface area contributed by atoms with E-state index in [4.69, 9.17) is 15.9 Å². The first kappa shape index (κ1) is 28.9. The van der Waals surface area contributed by atoms with Crippen LogP contribution in [-0.4, -0.2) is 47.1 Å². The summed E-state index contributed by atoms with van der Waals surface area (Å²) >= 11 is 1.45. The van der Waals surface area contributed by atoms with Gasteiger partial charge in [0, 0.05) is 82.9 Å². The lowest BCUT2D eigenvalue weighted by molar-refractivity contribution is -0.137. The molecule has 4 rings (SSSR count). The van der Waals surface area contributed by atoms with E-state index in [2.05, 4.69) is 16.0 Å². The van der Waals surface area contributed by atoms with Gasteiger partial charge < -0.3 is 36.4 Å². The molecule has 11 heteroatoms. The highest BCUT2D eigenvalue weighted by Gasteiger charge is 2.25. The molecule has 1 fully saturated rings. The maximum Gasteiger partial charge on any atom is 0.303 e. The number of aliphatic carboxylic acids is 1. The van der Waals surface area contributed by atoms with Crippen LogP contribution in [-0.2, 0) is 17.9 Å². The fourth-order valence-corrected chi connectivity index (χ4v) is 5.47. The van der Waals surface area contributed by atoms with Crippen molar-refractivity contribution in [3.8, 4) is 0 Å². The van der Waals surface area contributed by atoms with Crippen LogP contribution in [0.2, 0.25) is 0 Å². The largest absolute Gasteiger partial charge is 0.481 e. The Bertz CT molecular complexity index is 1450. The average Bonchev–Trinajstić information content (AvgIpc) is 3.71. The Hall–Kier alpha value is -4.12. The van der Waals surface area contributed by atoms with Crippen LogP contribution in [0.3, 0.4) is 0 Å². The van der Waals surface area contributed by atoms with Gasteiger partial charge in [0.25, 0.3) is 5.91 Å². The molecule has 3 aromatic rings. The van der Waals surface area contributed by atoms with Crippen LogP contribution in [0.5, 0.6) is 0 Å². The van der Waals surface area contributed by atoms with Crippen LogP contribution in [0.25, 0.3) is 0 Å². The summed E-state index contributed by atoms with van der Waals surface area (Å²) < 4.78 is 16.7. The number of nitrogens with zero attached hydrogens (tertiary/aromatic N) is 1. The molecule has 0 radical (unpaired) electrons. The van der Waals surface area contributed by atoms with E-state index in [0.717, 1.165) is 39.6 Å². The molecule has 0 bridgehead atoms. The minimum atomic E-state index is -0.911. The molecule has 1 aliphatic rings. The Labute approximate surface area is 236 Å². The number of nitrogens with one attached hydrogen (secondary N) is 5. The molecule has 1 amide bonds. The lowest BCUT2D eigenvalue weighted by atomic mass is 10.1. The fraction of sp³-hybridized carbons (Fsp3) is 0.310. The maximum atomic E-state index is 14.9. The monoisotopic (exact) mass is 564 g/mol. The van der Waals surface area contributed by atoms with Crippen molar-refractivity contribution in [3.63, 3.8) is 0 Å². The average molecular weight is 565 g/mol. The molecule has 1 aromatic heterocycles. The number of halogens is 1. The van der Waals surface area contributed by atoms with Crippen molar-refractivity contribution in [3.05, 3.63) is 70.3 Å². The van der Waals surface area contributed by atoms with Gasteiger partial charge in [-0.05, 0) is 62.6 Å². The highest BCUT2D eigenvalue weighted by Crippen LogP contribution is 2.35. The second-order valence-electron chi connectivity index (χ2n) is 9.61. The predicted molar refractivity (Wildman–Crippen MR) is 156 cm³/mol. The van der Waals surface area contributed by atoms with Gasteiger partial charge in [0.1, 0.15) is 11.5 Å². The molecule has 210 valence electrons. The van der Waals surface area contributed by atoms with Gasteiger partial charge in [-0.15, -0.1) is 0 Å². The molecular weight excluding hydrogens is 531 g/mol. The number of carboxylic acids is 1. The Morgan fingerprint density at radius 2 is 1.90 bits per heavy atom. The standard InChI is InChI=1S/C29H33FN6O3S/c1-17-26(40-21-8-10-24(33-2)19(12-21)15-32)13-25(36(17)11-3-4-27(37)38)29(39)34-16-22-23(30)9-5-18(14-31)28(22)35-20-6-7-20/h5,8-10,12-15,20,31-33,35H,3-4,6-7,11,16H2,1-2H3,(H,34,39)(H,37,38). The lowest BCUT2D eigenvalue weighted by Gasteiger charge is -2.17. The van der Waals surface area contributed by atoms with Gasteiger partial charge in [0.15, 0.2) is 0 Å². The summed E-state index contributed by atoms with van der Waals surface area (Å²) in [7, 11) is 1.79. The number of carbonyl (C=O) groups excluding carboxylic acids is 1. The maximum absolute atomic E-state index is 14.9. The van der Waals surface area contributed by atoms with E-state index in [9.17, 15) is 14.0 Å². The van der Waals surface area contributed by atoms with Crippen molar-refractivity contribution < 1.29 is 19.1 Å². The molecule has 9 nitrogen and oxygen atoms in total. The Morgan fingerprint density at radius 1 is 1.15 bits per heavy atom. The Balaban J connectivity index is 1.61. The quantitative estimate of drug-likeness (QED) is 0.143. The molecule has 0 atom stereocenters. The smallest absolute Gasteiger partial charge is 0.303 e. The van der Waals surface area contributed by atoms with Crippen molar-refractivity contribution >= 4 is 47.4 Å². The van der Waals surface area contributed by atoms with E-state index in [1.165, 1.54) is 30.3 Å². The highest BCUT2D eigenvalue weighted by molar-refractivity contribution is 7.99. The zero-order valence-corrected chi connectivity index (χ0v) is 23.3. The lowest BCUT2D eigenvalue weighted by Crippen LogP contribution is -2.27. The Kier molecular flexibility index (Phi) is 9.26. The number of benzene rings is 2. The topological polar surface area (TPSA) is 143 Å². The second-order valence-corrected chi connectivity index (χ2v) is 10.7. The third kappa shape index (κ3) is 6.71.